The van der Waals surface area contributed by atoms with Crippen LogP contribution in [0.1, 0.15) is 47.2 Å². The lowest BCUT2D eigenvalue weighted by atomic mass is 10.0. The van der Waals surface area contributed by atoms with Gasteiger partial charge < -0.3 is 9.80 Å². The van der Waals surface area contributed by atoms with E-state index < -0.39 is 0 Å². The van der Waals surface area contributed by atoms with Gasteiger partial charge in [0.15, 0.2) is 0 Å². The third kappa shape index (κ3) is 4.03. The van der Waals surface area contributed by atoms with E-state index in [9.17, 15) is 0 Å². The Morgan fingerprint density at radius 1 is 0.786 bits per heavy atom. The van der Waals surface area contributed by atoms with E-state index in [1.807, 2.05) is 0 Å². The minimum Gasteiger partial charge on any atom is -0.347 e. The molecule has 148 valence electrons. The van der Waals surface area contributed by atoms with E-state index in [2.05, 4.69) is 101 Å². The molecular weight excluding hydrogens is 340 g/mol. The van der Waals surface area contributed by atoms with Gasteiger partial charge in [0, 0.05) is 11.4 Å². The highest BCUT2D eigenvalue weighted by atomic mass is 15.4. The van der Waals surface area contributed by atoms with Crippen molar-refractivity contribution in [3.63, 3.8) is 0 Å². The molecule has 0 amide bonds. The first-order chi connectivity index (χ1) is 13.2. The number of rotatable bonds is 3. The summed E-state index contributed by atoms with van der Waals surface area (Å²) in [4.78, 5) is 4.96. The van der Waals surface area contributed by atoms with Crippen molar-refractivity contribution in [1.29, 1.82) is 0 Å². The minimum absolute atomic E-state index is 0.492. The fraction of sp³-hybridized carbons (Fsp3) is 0.423. The molecule has 3 rings (SSSR count). The zero-order chi connectivity index (χ0) is 20.6. The Bertz CT molecular complexity index is 912. The highest BCUT2D eigenvalue weighted by Crippen LogP contribution is 2.36. The molecule has 0 bridgehead atoms. The molecule has 0 atom stereocenters. The second kappa shape index (κ2) is 7.89. The van der Waals surface area contributed by atoms with Crippen LogP contribution in [0.5, 0.6) is 0 Å². The molecule has 1 saturated heterocycles. The maximum Gasteiger partial charge on any atom is 0.0959 e. The van der Waals surface area contributed by atoms with Crippen LogP contribution < -0.4 is 9.80 Å². The van der Waals surface area contributed by atoms with E-state index in [0.29, 0.717) is 5.92 Å². The van der Waals surface area contributed by atoms with Gasteiger partial charge in [-0.05, 0) is 75.8 Å². The van der Waals surface area contributed by atoms with Crippen LogP contribution in [0.25, 0.3) is 0 Å². The normalized spacial score (nSPS) is 14.1. The van der Waals surface area contributed by atoms with Gasteiger partial charge in [0.2, 0.25) is 0 Å². The van der Waals surface area contributed by atoms with E-state index in [1.165, 1.54) is 50.5 Å². The molecule has 0 saturated carbocycles. The first-order valence-corrected chi connectivity index (χ1v) is 10.3. The second-order valence-corrected chi connectivity index (χ2v) is 8.76. The Hall–Kier alpha value is -2.44. The van der Waals surface area contributed by atoms with Crippen LogP contribution in [0.15, 0.2) is 41.8 Å². The average molecular weight is 375 g/mol. The lowest BCUT2D eigenvalue weighted by molar-refractivity contribution is 0.832. The number of anilines is 2. The summed E-state index contributed by atoms with van der Waals surface area (Å²) in [5, 5.41) is 0. The van der Waals surface area contributed by atoms with Gasteiger partial charge in [-0.15, -0.1) is 5.73 Å². The van der Waals surface area contributed by atoms with Crippen LogP contribution in [0.2, 0.25) is 0 Å². The van der Waals surface area contributed by atoms with Gasteiger partial charge in [0.1, 0.15) is 0 Å². The van der Waals surface area contributed by atoms with Gasteiger partial charge in [-0.3, -0.25) is 0 Å². The summed E-state index contributed by atoms with van der Waals surface area (Å²) in [7, 11) is 0. The summed E-state index contributed by atoms with van der Waals surface area (Å²) >= 11 is 0. The molecule has 0 aliphatic carbocycles. The quantitative estimate of drug-likeness (QED) is 0.565. The summed E-state index contributed by atoms with van der Waals surface area (Å²) in [6, 6.07) is 9.16. The summed E-state index contributed by atoms with van der Waals surface area (Å²) in [5.41, 5.74) is 15.6. The van der Waals surface area contributed by atoms with Crippen LogP contribution in [-0.4, -0.2) is 13.2 Å². The van der Waals surface area contributed by atoms with Crippen molar-refractivity contribution in [3.8, 4) is 0 Å². The number of hydrogen-bond acceptors (Lipinski definition) is 2. The fourth-order valence-corrected chi connectivity index (χ4v) is 4.58. The molecule has 2 aromatic rings. The molecule has 2 aromatic carbocycles. The number of benzene rings is 2. The van der Waals surface area contributed by atoms with Gasteiger partial charge in [0.05, 0.1) is 18.9 Å². The maximum atomic E-state index is 3.62. The van der Waals surface area contributed by atoms with Gasteiger partial charge >= 0.3 is 0 Å². The summed E-state index contributed by atoms with van der Waals surface area (Å²) in [6.45, 7) is 19.4. The Labute approximate surface area is 171 Å². The first-order valence-electron chi connectivity index (χ1n) is 10.3. The van der Waals surface area contributed by atoms with Gasteiger partial charge in [0.25, 0.3) is 0 Å². The van der Waals surface area contributed by atoms with Crippen LogP contribution in [0, 0.1) is 47.5 Å². The molecule has 0 radical (unpaired) electrons. The smallest absolute Gasteiger partial charge is 0.0959 e. The Morgan fingerprint density at radius 3 is 1.71 bits per heavy atom. The predicted molar refractivity (Wildman–Crippen MR) is 122 cm³/mol. The SMILES string of the molecule is Cc1cc(C)c(N2CC(=C=CC(C)C)N(c3c(C)cc(C)cc3C)C2)c(C)c1. The highest BCUT2D eigenvalue weighted by Gasteiger charge is 2.29. The lowest BCUT2D eigenvalue weighted by Gasteiger charge is -2.26. The molecule has 1 aliphatic rings. The standard InChI is InChI=1S/C26H34N2/c1-17(2)9-10-24-15-27(25-20(5)11-18(3)12-21(25)6)16-28(24)26-22(7)13-19(4)14-23(26)8/h9,11-14,17H,15-16H2,1-8H3. The zero-order valence-corrected chi connectivity index (χ0v) is 18.8. The van der Waals surface area contributed by atoms with Crippen molar-refractivity contribution >= 4 is 11.4 Å². The van der Waals surface area contributed by atoms with Crippen molar-refractivity contribution in [3.05, 3.63) is 75.2 Å². The minimum atomic E-state index is 0.492. The van der Waals surface area contributed by atoms with Crippen molar-refractivity contribution in [2.75, 3.05) is 23.0 Å². The fourth-order valence-electron chi connectivity index (χ4n) is 4.58. The lowest BCUT2D eigenvalue weighted by Crippen LogP contribution is -2.26. The average Bonchev–Trinajstić information content (AvgIpc) is 2.94. The van der Waals surface area contributed by atoms with Crippen molar-refractivity contribution in [1.82, 2.24) is 0 Å². The van der Waals surface area contributed by atoms with E-state index in [0.717, 1.165) is 13.2 Å². The Balaban J connectivity index is 2.11. The molecule has 0 N–H and O–H groups in total. The third-order valence-electron chi connectivity index (χ3n) is 5.42. The number of hydrogen-bond donors (Lipinski definition) is 0. The van der Waals surface area contributed by atoms with Crippen LogP contribution in [0.4, 0.5) is 11.4 Å². The molecule has 2 nitrogen and oxygen atoms in total. The molecule has 1 fully saturated rings. The highest BCUT2D eigenvalue weighted by molar-refractivity contribution is 5.70. The summed E-state index contributed by atoms with van der Waals surface area (Å²) < 4.78 is 0. The number of nitrogens with zero attached hydrogens (tertiary/aromatic N) is 2. The van der Waals surface area contributed by atoms with Gasteiger partial charge in [-0.2, -0.15) is 0 Å². The molecule has 0 aromatic heterocycles. The van der Waals surface area contributed by atoms with Crippen molar-refractivity contribution in [2.24, 2.45) is 5.92 Å². The maximum absolute atomic E-state index is 3.62. The summed E-state index contributed by atoms with van der Waals surface area (Å²) in [6.07, 6.45) is 2.19. The third-order valence-corrected chi connectivity index (χ3v) is 5.42. The van der Waals surface area contributed by atoms with Crippen molar-refractivity contribution < 1.29 is 0 Å². The monoisotopic (exact) mass is 374 g/mol. The topological polar surface area (TPSA) is 6.48 Å². The van der Waals surface area contributed by atoms with Crippen LogP contribution >= 0.6 is 0 Å². The van der Waals surface area contributed by atoms with E-state index >= 15 is 0 Å². The van der Waals surface area contributed by atoms with E-state index in [4.69, 9.17) is 0 Å². The second-order valence-electron chi connectivity index (χ2n) is 8.76. The molecular formula is C26H34N2. The first kappa shape index (κ1) is 20.3. The van der Waals surface area contributed by atoms with Gasteiger partial charge in [-0.1, -0.05) is 49.2 Å². The van der Waals surface area contributed by atoms with Crippen LogP contribution in [0.3, 0.4) is 0 Å². The van der Waals surface area contributed by atoms with Gasteiger partial charge in [-0.25, -0.2) is 0 Å². The molecule has 0 unspecified atom stereocenters. The molecule has 1 aliphatic heterocycles. The van der Waals surface area contributed by atoms with Crippen molar-refractivity contribution in [2.45, 2.75) is 55.4 Å². The molecule has 28 heavy (non-hydrogen) atoms. The van der Waals surface area contributed by atoms with E-state index in [1.54, 1.807) is 0 Å². The Kier molecular flexibility index (Phi) is 5.72. The number of aryl methyl sites for hydroxylation is 6. The molecule has 0 spiro atoms. The van der Waals surface area contributed by atoms with Crippen LogP contribution in [-0.2, 0) is 0 Å². The molecule has 1 heterocycles. The Morgan fingerprint density at radius 2 is 1.25 bits per heavy atom. The largest absolute Gasteiger partial charge is 0.347 e. The molecule has 2 heteroatoms. The van der Waals surface area contributed by atoms with E-state index in [-0.39, 0.29) is 0 Å². The zero-order valence-electron chi connectivity index (χ0n) is 18.8. The summed E-state index contributed by atoms with van der Waals surface area (Å²) in [5.74, 6) is 0.492. The predicted octanol–water partition coefficient (Wildman–Crippen LogP) is 6.52.